The van der Waals surface area contributed by atoms with E-state index in [-0.39, 0.29) is 0 Å². The van der Waals surface area contributed by atoms with E-state index in [1.165, 1.54) is 0 Å². The number of aryl methyl sites for hydroxylation is 1. The summed E-state index contributed by atoms with van der Waals surface area (Å²) < 4.78 is 7.33. The molecule has 1 atom stereocenters. The lowest BCUT2D eigenvalue weighted by atomic mass is 10.1. The summed E-state index contributed by atoms with van der Waals surface area (Å²) in [5.41, 5.74) is 5.37. The third-order valence-electron chi connectivity index (χ3n) is 5.17. The number of fused-ring (bicyclic) bond motifs is 1. The molecule has 0 amide bonds. The Morgan fingerprint density at radius 2 is 2.21 bits per heavy atom. The van der Waals surface area contributed by atoms with E-state index < -0.39 is 0 Å². The normalized spacial score (nSPS) is 17.1. The average Bonchev–Trinajstić information content (AvgIpc) is 3.39. The van der Waals surface area contributed by atoms with E-state index in [2.05, 4.69) is 25.4 Å². The number of hydrogen-bond donors (Lipinski definition) is 2. The number of H-pyrrole nitrogens is 1. The van der Waals surface area contributed by atoms with Crippen molar-refractivity contribution in [2.75, 3.05) is 13.2 Å². The SMILES string of the molecule is Cc1cccc(-c2nc(CNC3CCCOC3)[nH]c2-c2ccc3ncnn3c2)n1. The molecule has 5 rings (SSSR count). The first kappa shape index (κ1) is 18.0. The maximum absolute atomic E-state index is 5.57. The van der Waals surface area contributed by atoms with Gasteiger partial charge in [0, 0.05) is 30.1 Å². The lowest BCUT2D eigenvalue weighted by Gasteiger charge is -2.22. The third kappa shape index (κ3) is 3.76. The van der Waals surface area contributed by atoms with Crippen LogP contribution >= 0.6 is 0 Å². The fourth-order valence-electron chi connectivity index (χ4n) is 3.68. The third-order valence-corrected chi connectivity index (χ3v) is 5.17. The maximum Gasteiger partial charge on any atom is 0.155 e. The number of nitrogens with one attached hydrogen (secondary N) is 2. The fraction of sp³-hybridized carbons (Fsp3) is 0.333. The zero-order valence-electron chi connectivity index (χ0n) is 16.3. The van der Waals surface area contributed by atoms with E-state index in [0.717, 1.165) is 65.9 Å². The topological polar surface area (TPSA) is 93.0 Å². The second-order valence-corrected chi connectivity index (χ2v) is 7.35. The Kier molecular flexibility index (Phi) is 4.79. The molecule has 4 aromatic rings. The number of rotatable bonds is 5. The monoisotopic (exact) mass is 389 g/mol. The number of aromatic nitrogens is 6. The number of nitrogens with zero attached hydrogens (tertiary/aromatic N) is 5. The summed E-state index contributed by atoms with van der Waals surface area (Å²) in [4.78, 5) is 17.3. The quantitative estimate of drug-likeness (QED) is 0.545. The van der Waals surface area contributed by atoms with Crippen LogP contribution < -0.4 is 5.32 Å². The molecule has 148 valence electrons. The number of pyridine rings is 2. The fourth-order valence-corrected chi connectivity index (χ4v) is 3.68. The lowest BCUT2D eigenvalue weighted by molar-refractivity contribution is 0.0697. The highest BCUT2D eigenvalue weighted by molar-refractivity contribution is 5.77. The standard InChI is InChI=1S/C21H23N7O/c1-14-4-2-6-17(25-14)21-20(15-7-8-19-23-13-24-28(19)11-15)26-18(27-21)10-22-16-5-3-9-29-12-16/h2,4,6-8,11,13,16,22H,3,5,9-10,12H2,1H3,(H,26,27). The van der Waals surface area contributed by atoms with Gasteiger partial charge in [0.1, 0.15) is 17.8 Å². The Balaban J connectivity index is 1.51. The minimum Gasteiger partial charge on any atom is -0.380 e. The minimum absolute atomic E-state index is 0.365. The van der Waals surface area contributed by atoms with Crippen LogP contribution in [-0.4, -0.2) is 48.8 Å². The van der Waals surface area contributed by atoms with Gasteiger partial charge in [-0.25, -0.2) is 14.5 Å². The van der Waals surface area contributed by atoms with Crippen LogP contribution in [-0.2, 0) is 11.3 Å². The molecule has 1 fully saturated rings. The molecule has 8 nitrogen and oxygen atoms in total. The van der Waals surface area contributed by atoms with E-state index in [1.54, 1.807) is 10.8 Å². The molecular formula is C21H23N7O. The largest absolute Gasteiger partial charge is 0.380 e. The Labute approximate surface area is 168 Å². The van der Waals surface area contributed by atoms with Gasteiger partial charge in [0.15, 0.2) is 5.65 Å². The molecule has 2 N–H and O–H groups in total. The van der Waals surface area contributed by atoms with Crippen LogP contribution in [0.1, 0.15) is 24.4 Å². The van der Waals surface area contributed by atoms with Crippen LogP contribution in [0.15, 0.2) is 42.9 Å². The Bertz CT molecular complexity index is 1130. The number of aromatic amines is 1. The molecule has 0 spiro atoms. The molecule has 0 radical (unpaired) electrons. The second kappa shape index (κ2) is 7.73. The van der Waals surface area contributed by atoms with Crippen molar-refractivity contribution in [2.45, 2.75) is 32.4 Å². The Morgan fingerprint density at radius 1 is 1.24 bits per heavy atom. The van der Waals surface area contributed by atoms with Crippen molar-refractivity contribution >= 4 is 5.65 Å². The van der Waals surface area contributed by atoms with Gasteiger partial charge in [-0.2, -0.15) is 5.10 Å². The van der Waals surface area contributed by atoms with Crippen molar-refractivity contribution in [1.29, 1.82) is 0 Å². The zero-order valence-corrected chi connectivity index (χ0v) is 16.3. The zero-order chi connectivity index (χ0) is 19.6. The highest BCUT2D eigenvalue weighted by Crippen LogP contribution is 2.29. The first-order chi connectivity index (χ1) is 14.3. The molecule has 0 bridgehead atoms. The summed E-state index contributed by atoms with van der Waals surface area (Å²) in [5, 5.41) is 7.81. The predicted molar refractivity (Wildman–Crippen MR) is 109 cm³/mol. The van der Waals surface area contributed by atoms with Gasteiger partial charge in [-0.3, -0.25) is 4.98 Å². The first-order valence-electron chi connectivity index (χ1n) is 9.90. The van der Waals surface area contributed by atoms with E-state index >= 15 is 0 Å². The summed E-state index contributed by atoms with van der Waals surface area (Å²) in [6.45, 7) is 4.25. The molecule has 1 aliphatic heterocycles. The second-order valence-electron chi connectivity index (χ2n) is 7.35. The molecule has 29 heavy (non-hydrogen) atoms. The molecule has 0 saturated carbocycles. The maximum atomic E-state index is 5.57. The van der Waals surface area contributed by atoms with E-state index in [9.17, 15) is 0 Å². The summed E-state index contributed by atoms with van der Waals surface area (Å²) in [6, 6.07) is 10.3. The molecular weight excluding hydrogens is 366 g/mol. The molecule has 1 aliphatic rings. The van der Waals surface area contributed by atoms with Crippen molar-refractivity contribution in [3.63, 3.8) is 0 Å². The lowest BCUT2D eigenvalue weighted by Crippen LogP contribution is -2.36. The van der Waals surface area contributed by atoms with Crippen LogP contribution in [0.4, 0.5) is 0 Å². The van der Waals surface area contributed by atoms with Gasteiger partial charge in [0.05, 0.1) is 24.5 Å². The van der Waals surface area contributed by atoms with Gasteiger partial charge >= 0.3 is 0 Å². The van der Waals surface area contributed by atoms with Crippen molar-refractivity contribution in [3.8, 4) is 22.6 Å². The summed E-state index contributed by atoms with van der Waals surface area (Å²) >= 11 is 0. The molecule has 0 aliphatic carbocycles. The number of ether oxygens (including phenoxy) is 1. The van der Waals surface area contributed by atoms with Gasteiger partial charge in [-0.15, -0.1) is 0 Å². The molecule has 0 aromatic carbocycles. The van der Waals surface area contributed by atoms with E-state index in [0.29, 0.717) is 12.6 Å². The highest BCUT2D eigenvalue weighted by Gasteiger charge is 2.18. The van der Waals surface area contributed by atoms with Gasteiger partial charge in [-0.05, 0) is 44.0 Å². The van der Waals surface area contributed by atoms with Gasteiger partial charge in [0.2, 0.25) is 0 Å². The average molecular weight is 389 g/mol. The molecule has 4 aromatic heterocycles. The van der Waals surface area contributed by atoms with Crippen molar-refractivity contribution in [3.05, 3.63) is 54.4 Å². The predicted octanol–water partition coefficient (Wildman–Crippen LogP) is 2.76. The summed E-state index contributed by atoms with van der Waals surface area (Å²) in [5.74, 6) is 0.877. The first-order valence-corrected chi connectivity index (χ1v) is 9.90. The van der Waals surface area contributed by atoms with E-state index in [4.69, 9.17) is 9.72 Å². The molecule has 8 heteroatoms. The Morgan fingerprint density at radius 3 is 3.07 bits per heavy atom. The minimum atomic E-state index is 0.365. The molecule has 1 saturated heterocycles. The van der Waals surface area contributed by atoms with Gasteiger partial charge < -0.3 is 15.0 Å². The van der Waals surface area contributed by atoms with Crippen LogP contribution in [0.5, 0.6) is 0 Å². The Hall–Kier alpha value is -3.10. The van der Waals surface area contributed by atoms with Gasteiger partial charge in [-0.1, -0.05) is 6.07 Å². The van der Waals surface area contributed by atoms with Gasteiger partial charge in [0.25, 0.3) is 0 Å². The van der Waals surface area contributed by atoms with Crippen LogP contribution in [0.3, 0.4) is 0 Å². The van der Waals surface area contributed by atoms with Crippen molar-refractivity contribution in [1.82, 2.24) is 34.9 Å². The summed E-state index contributed by atoms with van der Waals surface area (Å²) in [6.07, 6.45) is 5.73. The number of imidazole rings is 1. The number of hydrogen-bond acceptors (Lipinski definition) is 6. The summed E-state index contributed by atoms with van der Waals surface area (Å²) in [7, 11) is 0. The van der Waals surface area contributed by atoms with Crippen molar-refractivity contribution < 1.29 is 4.74 Å². The highest BCUT2D eigenvalue weighted by atomic mass is 16.5. The van der Waals surface area contributed by atoms with Crippen LogP contribution in [0.2, 0.25) is 0 Å². The van der Waals surface area contributed by atoms with Crippen LogP contribution in [0.25, 0.3) is 28.3 Å². The van der Waals surface area contributed by atoms with Crippen LogP contribution in [0, 0.1) is 6.92 Å². The molecule has 5 heterocycles. The smallest absolute Gasteiger partial charge is 0.155 e. The van der Waals surface area contributed by atoms with E-state index in [1.807, 2.05) is 43.5 Å². The van der Waals surface area contributed by atoms with Crippen molar-refractivity contribution in [2.24, 2.45) is 0 Å². The molecule has 1 unspecified atom stereocenters.